The molecule has 0 heterocycles. The van der Waals surface area contributed by atoms with E-state index in [1.165, 1.54) is 11.9 Å². The average molecular weight is 274 g/mol. The van der Waals surface area contributed by atoms with Gasteiger partial charge in [0.2, 0.25) is 0 Å². The van der Waals surface area contributed by atoms with Gasteiger partial charge >= 0.3 is 6.09 Å². The molecule has 4 nitrogen and oxygen atoms in total. The Labute approximate surface area is 96.6 Å². The highest BCUT2D eigenvalue weighted by Gasteiger charge is 2.04. The lowest BCUT2D eigenvalue weighted by Crippen LogP contribution is -2.29. The molecule has 15 heavy (non-hydrogen) atoms. The third-order valence-electron chi connectivity index (χ3n) is 1.84. The maximum absolute atomic E-state index is 10.5. The van der Waals surface area contributed by atoms with Gasteiger partial charge in [-0.25, -0.2) is 4.79 Å². The lowest BCUT2D eigenvalue weighted by molar-refractivity contribution is 0.147. The van der Waals surface area contributed by atoms with Gasteiger partial charge in [-0.15, -0.1) is 0 Å². The molecule has 0 unspecified atom stereocenters. The van der Waals surface area contributed by atoms with Crippen molar-refractivity contribution in [3.63, 3.8) is 0 Å². The highest BCUT2D eigenvalue weighted by Crippen LogP contribution is 2.15. The number of likely N-dealkylation sites (N-methyl/N-ethyl adjacent to an activating group) is 1. The van der Waals surface area contributed by atoms with Crippen molar-refractivity contribution in [1.29, 1.82) is 0 Å². The Hall–Kier alpha value is -1.23. The van der Waals surface area contributed by atoms with Crippen LogP contribution in [0.5, 0.6) is 5.75 Å². The maximum Gasteiger partial charge on any atom is 0.407 e. The van der Waals surface area contributed by atoms with Crippen LogP contribution in [0.15, 0.2) is 28.7 Å². The summed E-state index contributed by atoms with van der Waals surface area (Å²) in [5, 5.41) is 8.58. The molecule has 0 atom stereocenters. The van der Waals surface area contributed by atoms with Gasteiger partial charge in [0.15, 0.2) is 0 Å². The molecule has 0 saturated carbocycles. The van der Waals surface area contributed by atoms with E-state index in [4.69, 9.17) is 9.84 Å². The van der Waals surface area contributed by atoms with Crippen molar-refractivity contribution in [2.75, 3.05) is 20.2 Å². The zero-order valence-corrected chi connectivity index (χ0v) is 9.90. The van der Waals surface area contributed by atoms with Gasteiger partial charge in [-0.05, 0) is 24.3 Å². The lowest BCUT2D eigenvalue weighted by atomic mass is 10.3. The third-order valence-corrected chi connectivity index (χ3v) is 2.36. The van der Waals surface area contributed by atoms with Crippen LogP contribution in [0.4, 0.5) is 4.79 Å². The largest absolute Gasteiger partial charge is 0.492 e. The maximum atomic E-state index is 10.5. The highest BCUT2D eigenvalue weighted by atomic mass is 79.9. The molecule has 0 aliphatic carbocycles. The average Bonchev–Trinajstić information content (AvgIpc) is 2.20. The molecule has 1 aromatic rings. The second-order valence-corrected chi connectivity index (χ2v) is 3.92. The minimum Gasteiger partial charge on any atom is -0.492 e. The van der Waals surface area contributed by atoms with E-state index in [9.17, 15) is 4.79 Å². The topological polar surface area (TPSA) is 49.8 Å². The molecule has 82 valence electrons. The summed E-state index contributed by atoms with van der Waals surface area (Å²) in [6.45, 7) is 0.704. The van der Waals surface area contributed by atoms with E-state index in [1.54, 1.807) is 0 Å². The first-order valence-corrected chi connectivity index (χ1v) is 5.21. The first-order valence-electron chi connectivity index (χ1n) is 4.42. The standard InChI is InChI=1S/C10H12BrNO3/c1-12(10(13)14)6-7-15-9-4-2-8(11)3-5-9/h2-5H,6-7H2,1H3,(H,13,14). The summed E-state index contributed by atoms with van der Waals surface area (Å²) in [5.74, 6) is 0.733. The molecule has 0 bridgehead atoms. The van der Waals surface area contributed by atoms with Crippen LogP contribution in [-0.2, 0) is 0 Å². The first kappa shape index (κ1) is 11.8. The molecule has 0 aliphatic heterocycles. The number of carboxylic acid groups (broad SMARTS) is 1. The molecule has 0 radical (unpaired) electrons. The van der Waals surface area contributed by atoms with Crippen molar-refractivity contribution in [2.24, 2.45) is 0 Å². The first-order chi connectivity index (χ1) is 7.09. The summed E-state index contributed by atoms with van der Waals surface area (Å²) in [6.07, 6.45) is -0.950. The lowest BCUT2D eigenvalue weighted by Gasteiger charge is -2.13. The van der Waals surface area contributed by atoms with Gasteiger partial charge in [-0.2, -0.15) is 0 Å². The number of nitrogens with zero attached hydrogens (tertiary/aromatic N) is 1. The van der Waals surface area contributed by atoms with E-state index in [-0.39, 0.29) is 0 Å². The van der Waals surface area contributed by atoms with Crippen LogP contribution in [-0.4, -0.2) is 36.3 Å². The van der Waals surface area contributed by atoms with E-state index in [0.29, 0.717) is 13.2 Å². The summed E-state index contributed by atoms with van der Waals surface area (Å²) in [4.78, 5) is 11.6. The fourth-order valence-corrected chi connectivity index (χ4v) is 1.19. The molecular weight excluding hydrogens is 262 g/mol. The summed E-state index contributed by atoms with van der Waals surface area (Å²) in [6, 6.07) is 7.39. The molecule has 0 fully saturated rings. The Morgan fingerprint density at radius 2 is 2.07 bits per heavy atom. The van der Waals surface area contributed by atoms with Crippen molar-refractivity contribution < 1.29 is 14.6 Å². The molecule has 0 saturated heterocycles. The van der Waals surface area contributed by atoms with Gasteiger partial charge in [0, 0.05) is 11.5 Å². The van der Waals surface area contributed by atoms with Crippen LogP contribution >= 0.6 is 15.9 Å². The highest BCUT2D eigenvalue weighted by molar-refractivity contribution is 9.10. The summed E-state index contributed by atoms with van der Waals surface area (Å²) in [5.41, 5.74) is 0. The van der Waals surface area contributed by atoms with Gasteiger partial charge in [-0.3, -0.25) is 0 Å². The minimum absolute atomic E-state index is 0.352. The number of carbonyl (C=O) groups is 1. The minimum atomic E-state index is -0.950. The second kappa shape index (κ2) is 5.60. The Balaban J connectivity index is 2.32. The number of hydrogen-bond acceptors (Lipinski definition) is 2. The number of hydrogen-bond donors (Lipinski definition) is 1. The summed E-state index contributed by atoms with van der Waals surface area (Å²) in [7, 11) is 1.51. The Bertz CT molecular complexity index is 326. The molecular formula is C10H12BrNO3. The van der Waals surface area contributed by atoms with Crippen LogP contribution < -0.4 is 4.74 Å². The molecule has 1 rings (SSSR count). The van der Waals surface area contributed by atoms with E-state index in [0.717, 1.165) is 10.2 Å². The van der Waals surface area contributed by atoms with Gasteiger partial charge in [-0.1, -0.05) is 15.9 Å². The fourth-order valence-electron chi connectivity index (χ4n) is 0.927. The van der Waals surface area contributed by atoms with Crippen molar-refractivity contribution in [1.82, 2.24) is 4.90 Å². The molecule has 5 heteroatoms. The molecule has 1 amide bonds. The second-order valence-electron chi connectivity index (χ2n) is 3.01. The van der Waals surface area contributed by atoms with Gasteiger partial charge < -0.3 is 14.7 Å². The van der Waals surface area contributed by atoms with Crippen LogP contribution in [0.3, 0.4) is 0 Å². The van der Waals surface area contributed by atoms with E-state index in [1.807, 2.05) is 24.3 Å². The van der Waals surface area contributed by atoms with E-state index >= 15 is 0 Å². The Morgan fingerprint density at radius 3 is 2.60 bits per heavy atom. The van der Waals surface area contributed by atoms with Gasteiger partial charge in [0.05, 0.1) is 6.54 Å². The van der Waals surface area contributed by atoms with Gasteiger partial charge in [0.25, 0.3) is 0 Å². The zero-order chi connectivity index (χ0) is 11.3. The van der Waals surface area contributed by atoms with Crippen molar-refractivity contribution in [2.45, 2.75) is 0 Å². The molecule has 1 aromatic carbocycles. The quantitative estimate of drug-likeness (QED) is 0.917. The summed E-state index contributed by atoms with van der Waals surface area (Å²) >= 11 is 3.31. The number of ether oxygens (including phenoxy) is 1. The fraction of sp³-hybridized carbons (Fsp3) is 0.300. The number of amides is 1. The molecule has 0 aromatic heterocycles. The molecule has 0 aliphatic rings. The SMILES string of the molecule is CN(CCOc1ccc(Br)cc1)C(=O)O. The number of rotatable bonds is 4. The monoisotopic (exact) mass is 273 g/mol. The van der Waals surface area contributed by atoms with Crippen LogP contribution in [0.1, 0.15) is 0 Å². The van der Waals surface area contributed by atoms with E-state index in [2.05, 4.69) is 15.9 Å². The number of halogens is 1. The third kappa shape index (κ3) is 4.20. The Kier molecular flexibility index (Phi) is 4.42. The van der Waals surface area contributed by atoms with Crippen molar-refractivity contribution in [3.05, 3.63) is 28.7 Å². The zero-order valence-electron chi connectivity index (χ0n) is 8.31. The van der Waals surface area contributed by atoms with Crippen LogP contribution in [0, 0.1) is 0 Å². The van der Waals surface area contributed by atoms with Crippen LogP contribution in [0.2, 0.25) is 0 Å². The molecule has 1 N–H and O–H groups in total. The molecule has 0 spiro atoms. The predicted octanol–water partition coefficient (Wildman–Crippen LogP) is 2.44. The summed E-state index contributed by atoms with van der Waals surface area (Å²) < 4.78 is 6.34. The predicted molar refractivity (Wildman–Crippen MR) is 60.3 cm³/mol. The number of benzene rings is 1. The van der Waals surface area contributed by atoms with Gasteiger partial charge in [0.1, 0.15) is 12.4 Å². The smallest absolute Gasteiger partial charge is 0.407 e. The van der Waals surface area contributed by atoms with Crippen LogP contribution in [0.25, 0.3) is 0 Å². The van der Waals surface area contributed by atoms with Crippen molar-refractivity contribution in [3.8, 4) is 5.75 Å². The van der Waals surface area contributed by atoms with E-state index < -0.39 is 6.09 Å². The van der Waals surface area contributed by atoms with Crippen molar-refractivity contribution >= 4 is 22.0 Å². The normalized spacial score (nSPS) is 9.73. The Morgan fingerprint density at radius 1 is 1.47 bits per heavy atom.